The summed E-state index contributed by atoms with van der Waals surface area (Å²) in [5.41, 5.74) is 3.05. The van der Waals surface area contributed by atoms with Crippen molar-refractivity contribution in [3.8, 4) is 11.3 Å². The van der Waals surface area contributed by atoms with Crippen molar-refractivity contribution in [3.05, 3.63) is 84.5 Å². The molecule has 1 aliphatic rings. The van der Waals surface area contributed by atoms with Crippen LogP contribution in [0.5, 0.6) is 0 Å². The number of anilines is 1. The number of nitrogens with zero attached hydrogens (tertiary/aromatic N) is 4. The molecule has 1 N–H and O–H groups in total. The quantitative estimate of drug-likeness (QED) is 0.733. The fourth-order valence-electron chi connectivity index (χ4n) is 2.85. The van der Waals surface area contributed by atoms with Crippen molar-refractivity contribution in [1.29, 1.82) is 0 Å². The van der Waals surface area contributed by atoms with Gasteiger partial charge in [-0.15, -0.1) is 5.10 Å². The highest BCUT2D eigenvalue weighted by molar-refractivity contribution is 5.95. The number of hydrogen-bond acceptors (Lipinski definition) is 4. The molecule has 1 amide bonds. The van der Waals surface area contributed by atoms with E-state index in [0.29, 0.717) is 29.1 Å². The first-order valence-corrected chi connectivity index (χ1v) is 8.69. The van der Waals surface area contributed by atoms with Crippen molar-refractivity contribution >= 4 is 23.5 Å². The van der Waals surface area contributed by atoms with Gasteiger partial charge >= 0.3 is 6.03 Å². The van der Waals surface area contributed by atoms with E-state index < -0.39 is 6.03 Å². The zero-order valence-electron chi connectivity index (χ0n) is 14.8. The normalized spacial score (nSPS) is 13.1. The molecule has 6 nitrogen and oxygen atoms in total. The van der Waals surface area contributed by atoms with Crippen LogP contribution in [0.1, 0.15) is 12.1 Å². The molecule has 0 saturated carbocycles. The summed E-state index contributed by atoms with van der Waals surface area (Å²) in [6.45, 7) is 0. The Labute approximate surface area is 160 Å². The molecule has 1 aliphatic heterocycles. The summed E-state index contributed by atoms with van der Waals surface area (Å²) in [5, 5.41) is 11.1. The maximum atomic E-state index is 13.4. The Morgan fingerprint density at radius 2 is 1.86 bits per heavy atom. The highest BCUT2D eigenvalue weighted by Crippen LogP contribution is 2.29. The van der Waals surface area contributed by atoms with Crippen LogP contribution in [0, 0.1) is 5.82 Å². The Bertz CT molecular complexity index is 1080. The van der Waals surface area contributed by atoms with E-state index in [9.17, 15) is 9.18 Å². The van der Waals surface area contributed by atoms with Gasteiger partial charge in [-0.05, 0) is 42.5 Å². The van der Waals surface area contributed by atoms with Crippen molar-refractivity contribution in [2.45, 2.75) is 6.42 Å². The Morgan fingerprint density at radius 1 is 1.07 bits per heavy atom. The molecule has 0 fully saturated rings. The van der Waals surface area contributed by atoms with Gasteiger partial charge < -0.3 is 5.32 Å². The molecule has 2 aromatic carbocycles. The van der Waals surface area contributed by atoms with Crippen LogP contribution in [0.2, 0.25) is 0 Å². The van der Waals surface area contributed by atoms with Crippen molar-refractivity contribution in [1.82, 2.24) is 15.0 Å². The van der Waals surface area contributed by atoms with Gasteiger partial charge in [0.05, 0.1) is 0 Å². The zero-order chi connectivity index (χ0) is 19.3. The Hall–Kier alpha value is -3.87. The van der Waals surface area contributed by atoms with E-state index in [0.717, 1.165) is 5.57 Å². The predicted molar refractivity (Wildman–Crippen MR) is 107 cm³/mol. The van der Waals surface area contributed by atoms with Gasteiger partial charge in [0.2, 0.25) is 0 Å². The molecular formula is C21H16FN5O. The standard InChI is InChI=1S/C21H16FN5O/c22-17-10-8-16(9-11-17)20-19(15-5-4-13-23-14-12-15)25-26-27(20)21(28)24-18-6-2-1-3-7-18/h1-3,5-14H,4H2,(H,24,28). The third kappa shape index (κ3) is 3.64. The molecule has 28 heavy (non-hydrogen) atoms. The number of allylic oxidation sites excluding steroid dienone is 3. The Balaban J connectivity index is 1.79. The van der Waals surface area contributed by atoms with Gasteiger partial charge in [0.25, 0.3) is 0 Å². The number of hydrogen-bond donors (Lipinski definition) is 1. The number of aromatic nitrogens is 3. The number of aliphatic imine (C=N–C) groups is 1. The maximum Gasteiger partial charge on any atom is 0.348 e. The third-order valence-corrected chi connectivity index (χ3v) is 4.17. The van der Waals surface area contributed by atoms with Crippen LogP contribution in [-0.4, -0.2) is 27.2 Å². The minimum Gasteiger partial charge on any atom is -0.306 e. The number of carbonyl (C=O) groups is 1. The van der Waals surface area contributed by atoms with Gasteiger partial charge in [-0.2, -0.15) is 4.68 Å². The number of rotatable bonds is 3. The van der Waals surface area contributed by atoms with E-state index in [2.05, 4.69) is 20.6 Å². The molecule has 0 saturated heterocycles. The average Bonchev–Trinajstić information content (AvgIpc) is 2.97. The van der Waals surface area contributed by atoms with Gasteiger partial charge in [-0.1, -0.05) is 29.5 Å². The fraction of sp³-hybridized carbons (Fsp3) is 0.0476. The Morgan fingerprint density at radius 3 is 2.64 bits per heavy atom. The van der Waals surface area contributed by atoms with Crippen molar-refractivity contribution in [2.75, 3.05) is 5.32 Å². The number of benzene rings is 2. The monoisotopic (exact) mass is 373 g/mol. The summed E-state index contributed by atoms with van der Waals surface area (Å²) < 4.78 is 14.6. The van der Waals surface area contributed by atoms with E-state index >= 15 is 0 Å². The second-order valence-corrected chi connectivity index (χ2v) is 6.04. The van der Waals surface area contributed by atoms with E-state index in [4.69, 9.17) is 0 Å². The van der Waals surface area contributed by atoms with E-state index in [1.54, 1.807) is 42.8 Å². The molecule has 4 rings (SSSR count). The first-order valence-electron chi connectivity index (χ1n) is 8.69. The summed E-state index contributed by atoms with van der Waals surface area (Å²) in [6.07, 6.45) is 7.82. The molecular weight excluding hydrogens is 357 g/mol. The first-order chi connectivity index (χ1) is 13.7. The first kappa shape index (κ1) is 17.5. The SMILES string of the molecule is O=C(Nc1ccccc1)n1nnc(C2=CCC=NC=C2)c1-c1ccc(F)cc1. The van der Waals surface area contributed by atoms with Gasteiger partial charge in [-0.25, -0.2) is 9.18 Å². The number of amides is 1. The van der Waals surface area contributed by atoms with Crippen molar-refractivity contribution in [2.24, 2.45) is 4.99 Å². The molecule has 138 valence electrons. The van der Waals surface area contributed by atoms with Crippen LogP contribution < -0.4 is 5.32 Å². The van der Waals surface area contributed by atoms with Gasteiger partial charge in [0, 0.05) is 35.7 Å². The number of carbonyl (C=O) groups excluding carboxylic acids is 1. The molecule has 0 atom stereocenters. The summed E-state index contributed by atoms with van der Waals surface area (Å²) >= 11 is 0. The van der Waals surface area contributed by atoms with Gasteiger partial charge in [0.1, 0.15) is 17.2 Å². The highest BCUT2D eigenvalue weighted by Gasteiger charge is 2.22. The van der Waals surface area contributed by atoms with Gasteiger partial charge in [-0.3, -0.25) is 4.99 Å². The second-order valence-electron chi connectivity index (χ2n) is 6.04. The molecule has 7 heteroatoms. The number of halogens is 1. The lowest BCUT2D eigenvalue weighted by Gasteiger charge is -2.09. The highest BCUT2D eigenvalue weighted by atomic mass is 19.1. The molecule has 1 aromatic heterocycles. The van der Waals surface area contributed by atoms with Gasteiger partial charge in [0.15, 0.2) is 0 Å². The molecule has 0 aliphatic carbocycles. The van der Waals surface area contributed by atoms with Crippen LogP contribution >= 0.6 is 0 Å². The largest absolute Gasteiger partial charge is 0.348 e. The summed E-state index contributed by atoms with van der Waals surface area (Å²) in [4.78, 5) is 17.0. The summed E-state index contributed by atoms with van der Waals surface area (Å²) in [6, 6.07) is 14.5. The summed E-state index contributed by atoms with van der Waals surface area (Å²) in [7, 11) is 0. The van der Waals surface area contributed by atoms with Crippen LogP contribution in [0.4, 0.5) is 14.9 Å². The fourth-order valence-corrected chi connectivity index (χ4v) is 2.85. The van der Waals surface area contributed by atoms with Crippen LogP contribution in [-0.2, 0) is 0 Å². The van der Waals surface area contributed by atoms with Crippen LogP contribution in [0.25, 0.3) is 16.8 Å². The zero-order valence-corrected chi connectivity index (χ0v) is 14.8. The second kappa shape index (κ2) is 7.79. The van der Waals surface area contributed by atoms with Crippen molar-refractivity contribution in [3.63, 3.8) is 0 Å². The third-order valence-electron chi connectivity index (χ3n) is 4.17. The molecule has 0 radical (unpaired) electrons. The van der Waals surface area contributed by atoms with Crippen molar-refractivity contribution < 1.29 is 9.18 Å². The summed E-state index contributed by atoms with van der Waals surface area (Å²) in [5.74, 6) is -0.361. The molecule has 2 heterocycles. The smallest absolute Gasteiger partial charge is 0.306 e. The number of para-hydroxylation sites is 1. The molecule has 3 aromatic rings. The lowest BCUT2D eigenvalue weighted by Crippen LogP contribution is -2.21. The van der Waals surface area contributed by atoms with E-state index in [-0.39, 0.29) is 5.82 Å². The number of nitrogens with one attached hydrogen (secondary N) is 1. The molecule has 0 unspecified atom stereocenters. The minimum absolute atomic E-state index is 0.361. The van der Waals surface area contributed by atoms with Crippen LogP contribution in [0.15, 0.2) is 77.9 Å². The molecule has 0 bridgehead atoms. The lowest BCUT2D eigenvalue weighted by atomic mass is 10.0. The van der Waals surface area contributed by atoms with E-state index in [1.165, 1.54) is 16.8 Å². The predicted octanol–water partition coefficient (Wildman–Crippen LogP) is 4.54. The Kier molecular flexibility index (Phi) is 4.88. The van der Waals surface area contributed by atoms with Crippen LogP contribution in [0.3, 0.4) is 0 Å². The van der Waals surface area contributed by atoms with E-state index in [1.807, 2.05) is 24.3 Å². The minimum atomic E-state index is -0.460. The molecule has 0 spiro atoms. The maximum absolute atomic E-state index is 13.4. The lowest BCUT2D eigenvalue weighted by molar-refractivity contribution is 0.250. The topological polar surface area (TPSA) is 72.2 Å². The average molecular weight is 373 g/mol.